The van der Waals surface area contributed by atoms with Gasteiger partial charge in [-0.2, -0.15) is 0 Å². The van der Waals surface area contributed by atoms with Crippen LogP contribution in [0.2, 0.25) is 0 Å². The van der Waals surface area contributed by atoms with Crippen molar-refractivity contribution in [1.29, 1.82) is 0 Å². The number of nitrogen functional groups attached to an aromatic ring is 2. The van der Waals surface area contributed by atoms with E-state index in [-0.39, 0.29) is 50.7 Å². The number of ether oxygens (including phenoxy) is 3. The minimum absolute atomic E-state index is 0. The number of hydrogen-bond donors (Lipinski definition) is 3. The van der Waals surface area contributed by atoms with Crippen molar-refractivity contribution in [3.63, 3.8) is 0 Å². The SMILES string of the molecule is CC1(C)OB(c2ccc(N)cc2)OC1(C)C.COC(=O)c1cc(-c2ccc(N)cc2)oc1C.COC(=O)c1cc(Br)oc1C.COC(=O)c1ccoc1C.[B]=NS.[Pd].c1ccc(P(c2ccccc2)c2ccccc2)cc1.c1ccc(P(c2ccccc2)c2ccccc2)cc1.c1ccc(P(c2ccccc2)c2ccccc2)cc1.c1ccc(P(c2ccccc2)c2ccccc2)cc1. The van der Waals surface area contributed by atoms with Gasteiger partial charge in [0.15, 0.2) is 4.67 Å². The van der Waals surface area contributed by atoms with Gasteiger partial charge in [-0.3, -0.25) is 0 Å². The smallest absolute Gasteiger partial charge is 0 e. The molecule has 0 aliphatic carbocycles. The van der Waals surface area contributed by atoms with E-state index in [0.717, 1.165) is 16.7 Å². The first-order chi connectivity index (χ1) is 64.5. The Labute approximate surface area is 822 Å². The molecule has 134 heavy (non-hydrogen) atoms. The predicted octanol–water partition coefficient (Wildman–Crippen LogP) is 21.7. The zero-order chi connectivity index (χ0) is 94.8. The van der Waals surface area contributed by atoms with Crippen LogP contribution in [-0.2, 0) is 43.9 Å². The van der Waals surface area contributed by atoms with Gasteiger partial charge in [-0.05, 0) is 214 Å². The summed E-state index contributed by atoms with van der Waals surface area (Å²) in [6.07, 6.45) is 1.46. The second kappa shape index (κ2) is 55.6. The Morgan fingerprint density at radius 1 is 0.336 bits per heavy atom. The maximum Gasteiger partial charge on any atom is 0 e. The maximum absolute atomic E-state index is 11.4. The van der Waals surface area contributed by atoms with Crippen molar-refractivity contribution in [3.05, 3.63) is 476 Å². The van der Waals surface area contributed by atoms with E-state index < -0.39 is 37.7 Å². The Bertz CT molecular complexity index is 5410. The molecule has 0 bridgehead atoms. The van der Waals surface area contributed by atoms with E-state index >= 15 is 0 Å². The molecule has 14 nitrogen and oxygen atoms in total. The molecular formula is C111H107B2BrN3O11P4PdS. The summed E-state index contributed by atoms with van der Waals surface area (Å²) >= 11 is 6.30. The van der Waals surface area contributed by atoms with Gasteiger partial charge in [0.05, 0.1) is 38.8 Å². The van der Waals surface area contributed by atoms with Crippen molar-refractivity contribution in [2.75, 3.05) is 32.8 Å². The zero-order valence-corrected chi connectivity index (χ0v) is 83.9. The molecule has 0 spiro atoms. The van der Waals surface area contributed by atoms with Crippen LogP contribution in [0.1, 0.15) is 76.0 Å². The number of esters is 3. The van der Waals surface area contributed by atoms with E-state index in [9.17, 15) is 14.4 Å². The Balaban J connectivity index is 0.000000172. The number of nitrogens with two attached hydrogens (primary N) is 2. The molecule has 18 rings (SSSR count). The quantitative estimate of drug-likeness (QED) is 0.0194. The average molecular weight is 2020 g/mol. The number of furan rings is 3. The predicted molar refractivity (Wildman–Crippen MR) is 566 cm³/mol. The number of thiol groups is 1. The van der Waals surface area contributed by atoms with Crippen molar-refractivity contribution in [3.8, 4) is 11.3 Å². The van der Waals surface area contributed by atoms with Crippen LogP contribution in [0.5, 0.6) is 0 Å². The monoisotopic (exact) mass is 2020 g/mol. The largest absolute Gasteiger partial charge is 0.0622 e. The van der Waals surface area contributed by atoms with Gasteiger partial charge in [0.2, 0.25) is 0 Å². The van der Waals surface area contributed by atoms with Crippen molar-refractivity contribution in [2.24, 2.45) is 4.30 Å². The summed E-state index contributed by atoms with van der Waals surface area (Å²) in [7, 11) is 6.28. The third kappa shape index (κ3) is 31.8. The molecule has 4 heterocycles. The molecule has 0 atom stereocenters. The van der Waals surface area contributed by atoms with Crippen LogP contribution < -0.4 is 80.6 Å². The summed E-state index contributed by atoms with van der Waals surface area (Å²) in [5.41, 5.74) is 15.4. The molecule has 1 aliphatic rings. The number of carbonyl (C=O) groups excluding carboxylic acids is 3. The molecule has 681 valence electrons. The molecule has 1 aliphatic heterocycles. The van der Waals surface area contributed by atoms with Gasteiger partial charge in [-0.1, -0.05) is 376 Å². The Morgan fingerprint density at radius 2 is 0.552 bits per heavy atom. The first-order valence-electron chi connectivity index (χ1n) is 42.6. The number of anilines is 2. The van der Waals surface area contributed by atoms with Crippen molar-refractivity contribution in [2.45, 2.75) is 59.7 Å². The number of aryl methyl sites for hydroxylation is 3. The van der Waals surface area contributed by atoms with Crippen LogP contribution in [0.15, 0.2) is 459 Å². The van der Waals surface area contributed by atoms with Crippen LogP contribution in [0.25, 0.3) is 11.3 Å². The van der Waals surface area contributed by atoms with Gasteiger partial charge in [0, 0.05) is 43.4 Å². The topological polar surface area (TPSA) is 201 Å². The normalized spacial score (nSPS) is 11.6. The molecule has 23 heteroatoms. The summed E-state index contributed by atoms with van der Waals surface area (Å²) in [5, 5.41) is 16.8. The number of benzene rings is 14. The molecule has 1 fully saturated rings. The average Bonchev–Trinajstić information content (AvgIpc) is 1.62. The van der Waals surface area contributed by atoms with Crippen molar-refractivity contribution >= 4 is 174 Å². The van der Waals surface area contributed by atoms with Gasteiger partial charge < -0.3 is 48.2 Å². The number of carbonyl (C=O) groups is 3. The number of nitrogens with zero attached hydrogens (tertiary/aromatic N) is 1. The number of rotatable bonds is 17. The van der Waals surface area contributed by atoms with Crippen LogP contribution in [-0.4, -0.2) is 65.2 Å². The number of methoxy groups -OCH3 is 3. The van der Waals surface area contributed by atoms with Gasteiger partial charge in [0.1, 0.15) is 39.7 Å². The summed E-state index contributed by atoms with van der Waals surface area (Å²) in [4.78, 5) is 33.2. The van der Waals surface area contributed by atoms with E-state index in [4.69, 9.17) is 34.0 Å². The molecular weight excluding hydrogens is 1920 g/mol. The molecule has 1 saturated heterocycles. The van der Waals surface area contributed by atoms with E-state index in [1.54, 1.807) is 51.1 Å². The van der Waals surface area contributed by atoms with Crippen LogP contribution in [0.3, 0.4) is 0 Å². The fraction of sp³-hybridized carbons (Fsp3) is 0.108. The molecule has 1 radical (unpaired) electrons. The van der Waals surface area contributed by atoms with Crippen molar-refractivity contribution < 1.29 is 71.6 Å². The second-order valence-electron chi connectivity index (χ2n) is 30.3. The first-order valence-corrected chi connectivity index (χ1v) is 49.2. The summed E-state index contributed by atoms with van der Waals surface area (Å²) in [6, 6.07) is 149. The van der Waals surface area contributed by atoms with Gasteiger partial charge in [-0.15, -0.1) is 0 Å². The summed E-state index contributed by atoms with van der Waals surface area (Å²) in [5.74, 6) is 1.19. The molecule has 0 amide bonds. The minimum Gasteiger partial charge on any atom is -0.0622 e. The van der Waals surface area contributed by atoms with E-state index in [1.165, 1.54) is 91.2 Å². The number of halogens is 1. The minimum atomic E-state index is -0.446. The third-order valence-electron chi connectivity index (χ3n) is 20.7. The summed E-state index contributed by atoms with van der Waals surface area (Å²) in [6.45, 7) is 13.3. The summed E-state index contributed by atoms with van der Waals surface area (Å²) < 4.78 is 44.2. The van der Waals surface area contributed by atoms with Crippen LogP contribution in [0.4, 0.5) is 11.4 Å². The van der Waals surface area contributed by atoms with Gasteiger partial charge in [-0.25, -0.2) is 14.4 Å². The molecule has 17 aromatic rings. The second-order valence-corrected chi connectivity index (χ2v) is 40.2. The number of hydrogen-bond acceptors (Lipinski definition) is 15. The van der Waals surface area contributed by atoms with Gasteiger partial charge in [0.25, 0.3) is 0 Å². The molecule has 4 N–H and O–H groups in total. The van der Waals surface area contributed by atoms with E-state index in [1.807, 2.05) is 64.1 Å². The fourth-order valence-electron chi connectivity index (χ4n) is 13.4. The fourth-order valence-corrected chi connectivity index (χ4v) is 23.1. The zero-order valence-electron chi connectivity index (χ0n) is 76.2. The standard InChI is InChI=1S/4C18H15P.C13H13NO3.C12H18BNO2.C7H7BrO3.C7H8O3.BHNS.Pd/c4*1-4-10-16(11-5-1)19(17-12-6-2-7-13-17)18-14-8-3-9-15-18;1-8-11(13(15)16-2)7-12(17-8)9-3-5-10(14)6-4-9;1-11(2)12(3,4)16-13(15-11)9-5-7-10(14)8-6-9;1-4-5(7(9)10-2)3-6(8)11-4;1-5-6(3-4-10-5)7(8)9-2;1-2-3;/h4*1-15H;3-7H,14H2,1-2H3;5-8H,14H2,1-4H3;3H,1-2H3;3-4H,1-2H3;3H;. The Morgan fingerprint density at radius 3 is 0.761 bits per heavy atom. The van der Waals surface area contributed by atoms with Crippen LogP contribution in [0, 0.1) is 20.8 Å². The molecule has 0 saturated carbocycles. The van der Waals surface area contributed by atoms with E-state index in [2.05, 4.69) is 419 Å². The van der Waals surface area contributed by atoms with E-state index in [0.29, 0.717) is 50.1 Å². The Kier molecular flexibility index (Phi) is 43.9. The van der Waals surface area contributed by atoms with Crippen molar-refractivity contribution in [1.82, 2.24) is 0 Å². The Hall–Kier alpha value is -12.0. The molecule has 3 aromatic heterocycles. The van der Waals surface area contributed by atoms with Crippen LogP contribution >= 0.6 is 60.4 Å². The molecule has 0 unspecified atom stereocenters. The van der Waals surface area contributed by atoms with Gasteiger partial charge >= 0.3 is 49.8 Å². The third-order valence-corrected chi connectivity index (χ3v) is 30.9. The maximum atomic E-state index is 11.4. The first kappa shape index (κ1) is 106. The molecule has 14 aromatic carbocycles.